The summed E-state index contributed by atoms with van der Waals surface area (Å²) in [4.78, 5) is 33.0. The summed E-state index contributed by atoms with van der Waals surface area (Å²) in [5.74, 6) is -5.35. The van der Waals surface area contributed by atoms with E-state index in [9.17, 15) is 34.8 Å². The number of carboxylic acids is 2. The molecule has 2 unspecified atom stereocenters. The van der Waals surface area contributed by atoms with Crippen LogP contribution < -0.4 is 4.74 Å². The van der Waals surface area contributed by atoms with Crippen LogP contribution in [0.25, 0.3) is 0 Å². The van der Waals surface area contributed by atoms with Gasteiger partial charge in [0.15, 0.2) is 0 Å². The maximum absolute atomic E-state index is 13.5. The van der Waals surface area contributed by atoms with Crippen molar-refractivity contribution in [2.75, 3.05) is 13.1 Å². The summed E-state index contributed by atoms with van der Waals surface area (Å²) in [6.07, 6.45) is -5.47. The molecule has 3 aromatic heterocycles. The molecule has 2 aliphatic rings. The highest BCUT2D eigenvalue weighted by atomic mass is 32.2. The molecule has 0 amide bonds. The van der Waals surface area contributed by atoms with Gasteiger partial charge in [-0.3, -0.25) is 9.88 Å². The Hall–Kier alpha value is -3.88. The number of fused-ring (bicyclic) bond motifs is 2. The van der Waals surface area contributed by atoms with Gasteiger partial charge < -0.3 is 14.9 Å². The van der Waals surface area contributed by atoms with Gasteiger partial charge in [0.05, 0.1) is 24.8 Å². The first kappa shape index (κ1) is 33.6. The van der Waals surface area contributed by atoms with Gasteiger partial charge in [-0.2, -0.15) is 30.6 Å². The molecule has 12 nitrogen and oxygen atoms in total. The van der Waals surface area contributed by atoms with Crippen LogP contribution in [0.2, 0.25) is 0 Å². The molecule has 0 bridgehead atoms. The molecule has 0 saturated carbocycles. The highest BCUT2D eigenvalue weighted by Gasteiger charge is 2.47. The van der Waals surface area contributed by atoms with Gasteiger partial charge in [0.1, 0.15) is 16.0 Å². The number of carbonyl (C=O) groups is 2. The SMILES string of the molecule is O=C(O)C(F)(F)F.O=C(O)C(F)(F)F.O=S1(=O)c2cccnc2OC2CN(Cc3nccs3)CC2N1Cc1ccccn1. The molecule has 43 heavy (non-hydrogen) atoms. The normalized spacial score (nSPS) is 19.7. The summed E-state index contributed by atoms with van der Waals surface area (Å²) in [5.41, 5.74) is 0.695. The molecule has 3 aromatic rings. The number of hydrogen-bond acceptors (Lipinski definition) is 10. The van der Waals surface area contributed by atoms with Crippen LogP contribution in [-0.4, -0.2) is 92.3 Å². The van der Waals surface area contributed by atoms with Crippen molar-refractivity contribution in [3.8, 4) is 5.88 Å². The van der Waals surface area contributed by atoms with E-state index in [1.165, 1.54) is 4.31 Å². The lowest BCUT2D eigenvalue weighted by Crippen LogP contribution is -2.46. The monoisotopic (exact) mass is 657 g/mol. The fourth-order valence-corrected chi connectivity index (χ4v) is 6.18. The molecule has 2 aliphatic heterocycles. The largest absolute Gasteiger partial charge is 0.490 e. The molecule has 234 valence electrons. The number of carboxylic acid groups (broad SMARTS) is 2. The Labute approximate surface area is 243 Å². The number of sulfonamides is 1. The van der Waals surface area contributed by atoms with Crippen molar-refractivity contribution in [1.82, 2.24) is 24.2 Å². The summed E-state index contributed by atoms with van der Waals surface area (Å²) in [6.45, 7) is 2.02. The zero-order valence-corrected chi connectivity index (χ0v) is 23.1. The van der Waals surface area contributed by atoms with E-state index in [1.807, 2.05) is 23.6 Å². The minimum atomic E-state index is -5.08. The van der Waals surface area contributed by atoms with E-state index < -0.39 is 34.3 Å². The molecule has 0 radical (unpaired) electrons. The van der Waals surface area contributed by atoms with Crippen LogP contribution in [0, 0.1) is 0 Å². The fourth-order valence-electron chi connectivity index (χ4n) is 3.84. The number of halogens is 6. The minimum Gasteiger partial charge on any atom is -0.475 e. The predicted octanol–water partition coefficient (Wildman–Crippen LogP) is 3.04. The zero-order valence-electron chi connectivity index (χ0n) is 21.4. The minimum absolute atomic E-state index is 0.108. The Morgan fingerprint density at radius 3 is 2.07 bits per heavy atom. The standard InChI is InChI=1S/C19H19N5O3S2.2C2HF3O2/c25-29(26)17-5-3-7-22-19(17)27-16-12-23(13-18-21-8-9-28-18)11-15(16)24(29)10-14-4-1-2-6-20-14;2*3-2(4,5)1(6)7/h1-9,15-16H,10-13H2;2*(H,6,7). The first-order chi connectivity index (χ1) is 20.0. The van der Waals surface area contributed by atoms with Crippen molar-refractivity contribution < 1.29 is 59.3 Å². The Bertz CT molecular complexity index is 1470. The molecule has 0 aliphatic carbocycles. The Balaban J connectivity index is 0.000000303. The summed E-state index contributed by atoms with van der Waals surface area (Å²) in [5, 5.41) is 17.2. The van der Waals surface area contributed by atoms with E-state index in [0.717, 1.165) is 5.01 Å². The fraction of sp³-hybridized carbons (Fsp3) is 0.348. The zero-order chi connectivity index (χ0) is 32.0. The second-order valence-corrected chi connectivity index (χ2v) is 11.5. The quantitative estimate of drug-likeness (QED) is 0.397. The molecule has 2 N–H and O–H groups in total. The number of likely N-dealkylation sites (tertiary alicyclic amines) is 1. The maximum atomic E-state index is 13.5. The van der Waals surface area contributed by atoms with Crippen molar-refractivity contribution in [2.45, 2.75) is 42.5 Å². The molecule has 1 fully saturated rings. The number of ether oxygens (including phenoxy) is 1. The van der Waals surface area contributed by atoms with E-state index >= 15 is 0 Å². The van der Waals surface area contributed by atoms with E-state index in [1.54, 1.807) is 42.1 Å². The average Bonchev–Trinajstić information content (AvgIpc) is 3.56. The van der Waals surface area contributed by atoms with Crippen molar-refractivity contribution in [1.29, 1.82) is 0 Å². The summed E-state index contributed by atoms with van der Waals surface area (Å²) in [7, 11) is -3.79. The van der Waals surface area contributed by atoms with Gasteiger partial charge in [-0.25, -0.2) is 28.0 Å². The molecule has 0 aromatic carbocycles. The van der Waals surface area contributed by atoms with Crippen LogP contribution in [0.15, 0.2) is 59.2 Å². The molecule has 2 atom stereocenters. The smallest absolute Gasteiger partial charge is 0.475 e. The lowest BCUT2D eigenvalue weighted by Gasteiger charge is -2.27. The van der Waals surface area contributed by atoms with Crippen LogP contribution in [0.5, 0.6) is 5.88 Å². The molecule has 20 heteroatoms. The van der Waals surface area contributed by atoms with Gasteiger partial charge in [0, 0.05) is 37.1 Å². The number of hydrogen-bond donors (Lipinski definition) is 2. The van der Waals surface area contributed by atoms with E-state index in [4.69, 9.17) is 24.5 Å². The third kappa shape index (κ3) is 9.05. The Morgan fingerprint density at radius 2 is 1.53 bits per heavy atom. The summed E-state index contributed by atoms with van der Waals surface area (Å²) in [6, 6.07) is 8.35. The highest BCUT2D eigenvalue weighted by molar-refractivity contribution is 7.89. The molecule has 0 spiro atoms. The van der Waals surface area contributed by atoms with Crippen molar-refractivity contribution in [3.63, 3.8) is 0 Å². The van der Waals surface area contributed by atoms with Gasteiger partial charge >= 0.3 is 24.3 Å². The van der Waals surface area contributed by atoms with E-state index in [0.29, 0.717) is 25.3 Å². The maximum Gasteiger partial charge on any atom is 0.490 e. The van der Waals surface area contributed by atoms with Crippen LogP contribution in [0.4, 0.5) is 26.3 Å². The lowest BCUT2D eigenvalue weighted by molar-refractivity contribution is -0.193. The number of pyridine rings is 2. The number of aromatic nitrogens is 3. The third-order valence-electron chi connectivity index (χ3n) is 5.64. The van der Waals surface area contributed by atoms with Gasteiger partial charge in [0.25, 0.3) is 0 Å². The van der Waals surface area contributed by atoms with E-state index in [2.05, 4.69) is 19.9 Å². The van der Waals surface area contributed by atoms with E-state index in [-0.39, 0.29) is 29.5 Å². The third-order valence-corrected chi connectivity index (χ3v) is 8.29. The van der Waals surface area contributed by atoms with Crippen LogP contribution in [0.1, 0.15) is 10.7 Å². The number of nitrogens with zero attached hydrogens (tertiary/aromatic N) is 5. The molecular weight excluding hydrogens is 636 g/mol. The molecule has 1 saturated heterocycles. The molecule has 5 heterocycles. The molecule has 5 rings (SSSR count). The highest BCUT2D eigenvalue weighted by Crippen LogP contribution is 2.36. The Morgan fingerprint density at radius 1 is 0.907 bits per heavy atom. The first-order valence-electron chi connectivity index (χ1n) is 11.7. The second kappa shape index (κ2) is 13.6. The van der Waals surface area contributed by atoms with Gasteiger partial charge in [-0.05, 0) is 24.3 Å². The van der Waals surface area contributed by atoms with Crippen molar-refractivity contribution in [3.05, 3.63) is 65.0 Å². The topological polar surface area (TPSA) is 163 Å². The first-order valence-corrected chi connectivity index (χ1v) is 14.1. The summed E-state index contributed by atoms with van der Waals surface area (Å²) < 4.78 is 98.2. The van der Waals surface area contributed by atoms with Gasteiger partial charge in [-0.15, -0.1) is 11.3 Å². The predicted molar refractivity (Wildman–Crippen MR) is 134 cm³/mol. The van der Waals surface area contributed by atoms with Crippen LogP contribution in [0.3, 0.4) is 0 Å². The molecular formula is C23H21F6N5O7S2. The number of thiazole rings is 1. The average molecular weight is 658 g/mol. The number of rotatable bonds is 4. The van der Waals surface area contributed by atoms with Gasteiger partial charge in [-0.1, -0.05) is 6.07 Å². The van der Waals surface area contributed by atoms with Crippen LogP contribution in [-0.2, 0) is 32.7 Å². The van der Waals surface area contributed by atoms with Crippen molar-refractivity contribution >= 4 is 33.3 Å². The second-order valence-electron chi connectivity index (χ2n) is 8.63. The van der Waals surface area contributed by atoms with Crippen LogP contribution >= 0.6 is 11.3 Å². The Kier molecular flexibility index (Phi) is 10.6. The lowest BCUT2D eigenvalue weighted by atomic mass is 10.2. The van der Waals surface area contributed by atoms with Gasteiger partial charge in [0.2, 0.25) is 15.9 Å². The summed E-state index contributed by atoms with van der Waals surface area (Å²) >= 11 is 1.59. The number of aliphatic carboxylic acids is 2. The van der Waals surface area contributed by atoms with Crippen molar-refractivity contribution in [2.24, 2.45) is 0 Å². The number of alkyl halides is 6.